The predicted molar refractivity (Wildman–Crippen MR) is 85.0 cm³/mol. The van der Waals surface area contributed by atoms with Crippen molar-refractivity contribution in [3.8, 4) is 0 Å². The fourth-order valence-electron chi connectivity index (χ4n) is 2.51. The number of carbonyl (C=O) groups excluding carboxylic acids is 1. The highest BCUT2D eigenvalue weighted by Gasteiger charge is 2.30. The molecule has 1 aromatic carbocycles. The quantitative estimate of drug-likeness (QED) is 0.798. The Bertz CT molecular complexity index is 499. The molecule has 1 amide bonds. The van der Waals surface area contributed by atoms with Crippen molar-refractivity contribution in [3.05, 3.63) is 35.4 Å². The number of halogens is 3. The van der Waals surface area contributed by atoms with Gasteiger partial charge in [-0.25, -0.2) is 0 Å². The molecule has 1 unspecified atom stereocenters. The molecule has 0 heterocycles. The minimum atomic E-state index is -4.35. The molecule has 130 valence electrons. The number of hydrogen-bond acceptors (Lipinski definition) is 2. The van der Waals surface area contributed by atoms with Crippen LogP contribution in [0.25, 0.3) is 0 Å². The molecule has 1 aromatic rings. The summed E-state index contributed by atoms with van der Waals surface area (Å²) in [5.74, 6) is -0.298. The highest BCUT2D eigenvalue weighted by molar-refractivity contribution is 5.77. The van der Waals surface area contributed by atoms with Gasteiger partial charge in [0, 0.05) is 13.0 Å². The lowest BCUT2D eigenvalue weighted by Crippen LogP contribution is -2.53. The zero-order chi connectivity index (χ0) is 17.7. The summed E-state index contributed by atoms with van der Waals surface area (Å²) in [6, 6.07) is 4.95. The molecule has 6 heteroatoms. The molecular weight excluding hydrogens is 305 g/mol. The van der Waals surface area contributed by atoms with E-state index >= 15 is 0 Å². The summed E-state index contributed by atoms with van der Waals surface area (Å²) in [5, 5.41) is 2.97. The van der Waals surface area contributed by atoms with Crippen molar-refractivity contribution in [2.45, 2.75) is 57.7 Å². The number of rotatable bonds is 7. The van der Waals surface area contributed by atoms with E-state index in [0.717, 1.165) is 25.0 Å². The fraction of sp³-hybridized carbons (Fsp3) is 0.588. The summed E-state index contributed by atoms with van der Waals surface area (Å²) in [6.45, 7) is 6.12. The van der Waals surface area contributed by atoms with Gasteiger partial charge >= 0.3 is 6.18 Å². The van der Waals surface area contributed by atoms with E-state index in [1.807, 2.05) is 20.8 Å². The predicted octanol–water partition coefficient (Wildman–Crippen LogP) is 3.83. The molecule has 1 rings (SSSR count). The van der Waals surface area contributed by atoms with Gasteiger partial charge < -0.3 is 11.1 Å². The molecule has 3 N–H and O–H groups in total. The first-order valence-electron chi connectivity index (χ1n) is 7.85. The van der Waals surface area contributed by atoms with Crippen LogP contribution in [0.1, 0.15) is 57.1 Å². The van der Waals surface area contributed by atoms with Gasteiger partial charge in [-0.3, -0.25) is 4.79 Å². The Balaban J connectivity index is 2.72. The van der Waals surface area contributed by atoms with Crippen LogP contribution in [0.15, 0.2) is 24.3 Å². The van der Waals surface area contributed by atoms with Gasteiger partial charge in [0.2, 0.25) is 5.91 Å². The van der Waals surface area contributed by atoms with E-state index in [-0.39, 0.29) is 18.2 Å². The highest BCUT2D eigenvalue weighted by atomic mass is 19.4. The zero-order valence-corrected chi connectivity index (χ0v) is 13.8. The van der Waals surface area contributed by atoms with Crippen molar-refractivity contribution in [1.82, 2.24) is 5.32 Å². The van der Waals surface area contributed by atoms with Gasteiger partial charge in [0.25, 0.3) is 0 Å². The number of carbonyl (C=O) groups is 1. The molecule has 0 aliphatic rings. The molecule has 3 nitrogen and oxygen atoms in total. The highest BCUT2D eigenvalue weighted by Crippen LogP contribution is 2.30. The second kappa shape index (κ2) is 7.81. The molecule has 0 saturated heterocycles. The average molecular weight is 330 g/mol. The van der Waals surface area contributed by atoms with Gasteiger partial charge in [0.15, 0.2) is 0 Å². The van der Waals surface area contributed by atoms with Crippen molar-refractivity contribution in [1.29, 1.82) is 0 Å². The molecule has 1 atom stereocenters. The molecule has 0 spiro atoms. The fourth-order valence-corrected chi connectivity index (χ4v) is 2.51. The van der Waals surface area contributed by atoms with Crippen LogP contribution in [-0.4, -0.2) is 18.0 Å². The minimum absolute atomic E-state index is 0.133. The Morgan fingerprint density at radius 2 is 1.70 bits per heavy atom. The molecule has 23 heavy (non-hydrogen) atoms. The molecular formula is C17H25F3N2O. The van der Waals surface area contributed by atoms with Gasteiger partial charge in [0.05, 0.1) is 11.1 Å². The summed E-state index contributed by atoms with van der Waals surface area (Å²) >= 11 is 0. The van der Waals surface area contributed by atoms with Gasteiger partial charge in [-0.05, 0) is 36.5 Å². The van der Waals surface area contributed by atoms with Gasteiger partial charge in [-0.15, -0.1) is 0 Å². The first-order valence-corrected chi connectivity index (χ1v) is 7.85. The number of benzene rings is 1. The molecule has 0 bridgehead atoms. The maximum atomic E-state index is 12.6. The first-order chi connectivity index (χ1) is 10.7. The maximum Gasteiger partial charge on any atom is 0.416 e. The van der Waals surface area contributed by atoms with E-state index in [2.05, 4.69) is 5.32 Å². The topological polar surface area (TPSA) is 55.1 Å². The smallest absolute Gasteiger partial charge is 0.349 e. The van der Waals surface area contributed by atoms with Gasteiger partial charge in [-0.2, -0.15) is 13.2 Å². The standard InChI is InChI=1S/C17H25F3N2O/c1-4-16(5-2,11-21)22-15(23)10-12(3)13-6-8-14(9-7-13)17(18,19)20/h6-9,12H,4-5,10-11,21H2,1-3H3,(H,22,23). The van der Waals surface area contributed by atoms with Crippen molar-refractivity contribution in [3.63, 3.8) is 0 Å². The van der Waals surface area contributed by atoms with Crippen LogP contribution < -0.4 is 11.1 Å². The molecule has 0 aliphatic carbocycles. The maximum absolute atomic E-state index is 12.6. The summed E-state index contributed by atoms with van der Waals surface area (Å²) in [4.78, 5) is 12.2. The first kappa shape index (κ1) is 19.5. The van der Waals surface area contributed by atoms with Crippen LogP contribution in [0.2, 0.25) is 0 Å². The number of hydrogen-bond donors (Lipinski definition) is 2. The summed E-state index contributed by atoms with van der Waals surface area (Å²) in [7, 11) is 0. The molecule has 0 aliphatic heterocycles. The lowest BCUT2D eigenvalue weighted by Gasteiger charge is -2.32. The monoisotopic (exact) mass is 330 g/mol. The zero-order valence-electron chi connectivity index (χ0n) is 13.8. The van der Waals surface area contributed by atoms with E-state index < -0.39 is 17.3 Å². The molecule has 0 fully saturated rings. The van der Waals surface area contributed by atoms with Gasteiger partial charge in [-0.1, -0.05) is 32.9 Å². The van der Waals surface area contributed by atoms with Crippen molar-refractivity contribution in [2.75, 3.05) is 6.54 Å². The van der Waals surface area contributed by atoms with Crippen LogP contribution in [0.4, 0.5) is 13.2 Å². The molecule has 0 aromatic heterocycles. The number of alkyl halides is 3. The van der Waals surface area contributed by atoms with Crippen LogP contribution in [0.5, 0.6) is 0 Å². The number of nitrogens with two attached hydrogens (primary N) is 1. The van der Waals surface area contributed by atoms with Crippen LogP contribution in [0.3, 0.4) is 0 Å². The number of amides is 1. The van der Waals surface area contributed by atoms with Crippen molar-refractivity contribution >= 4 is 5.91 Å². The van der Waals surface area contributed by atoms with Crippen LogP contribution >= 0.6 is 0 Å². The second-order valence-corrected chi connectivity index (χ2v) is 5.96. The van der Waals surface area contributed by atoms with Crippen molar-refractivity contribution in [2.24, 2.45) is 5.73 Å². The minimum Gasteiger partial charge on any atom is -0.349 e. The van der Waals surface area contributed by atoms with E-state index in [1.54, 1.807) is 0 Å². The third kappa shape index (κ3) is 5.23. The Labute approximate surface area is 135 Å². The largest absolute Gasteiger partial charge is 0.416 e. The van der Waals surface area contributed by atoms with E-state index in [4.69, 9.17) is 5.73 Å². The summed E-state index contributed by atoms with van der Waals surface area (Å²) < 4.78 is 37.7. The lowest BCUT2D eigenvalue weighted by atomic mass is 9.91. The molecule has 0 saturated carbocycles. The Morgan fingerprint density at radius 3 is 2.09 bits per heavy atom. The summed E-state index contributed by atoms with van der Waals surface area (Å²) in [5.41, 5.74) is 5.37. The average Bonchev–Trinajstić information content (AvgIpc) is 2.52. The molecule has 0 radical (unpaired) electrons. The Hall–Kier alpha value is -1.56. The third-order valence-electron chi connectivity index (χ3n) is 4.45. The van der Waals surface area contributed by atoms with Gasteiger partial charge in [0.1, 0.15) is 0 Å². The third-order valence-corrected chi connectivity index (χ3v) is 4.45. The normalized spacial score (nSPS) is 13.7. The van der Waals surface area contributed by atoms with E-state index in [1.165, 1.54) is 12.1 Å². The summed E-state index contributed by atoms with van der Waals surface area (Å²) in [6.07, 6.45) is -2.66. The second-order valence-electron chi connectivity index (χ2n) is 5.96. The van der Waals surface area contributed by atoms with Crippen LogP contribution in [-0.2, 0) is 11.0 Å². The Kier molecular flexibility index (Phi) is 6.62. The van der Waals surface area contributed by atoms with E-state index in [0.29, 0.717) is 12.1 Å². The Morgan fingerprint density at radius 1 is 1.17 bits per heavy atom. The SMILES string of the molecule is CCC(CC)(CN)NC(=O)CC(C)c1ccc(C(F)(F)F)cc1. The lowest BCUT2D eigenvalue weighted by molar-refractivity contribution is -0.137. The van der Waals surface area contributed by atoms with Crippen LogP contribution in [0, 0.1) is 0 Å². The number of nitrogens with one attached hydrogen (secondary N) is 1. The van der Waals surface area contributed by atoms with Crippen molar-refractivity contribution < 1.29 is 18.0 Å². The van der Waals surface area contributed by atoms with E-state index in [9.17, 15) is 18.0 Å².